The van der Waals surface area contributed by atoms with E-state index in [-0.39, 0.29) is 0 Å². The van der Waals surface area contributed by atoms with Crippen molar-refractivity contribution in [2.24, 2.45) is 5.10 Å². The summed E-state index contributed by atoms with van der Waals surface area (Å²) in [5.74, 6) is 2.21. The molecule has 6 nitrogen and oxygen atoms in total. The average molecular weight is 380 g/mol. The lowest BCUT2D eigenvalue weighted by Crippen LogP contribution is -2.36. The molecule has 1 aromatic carbocycles. The molecule has 0 amide bonds. The minimum Gasteiger partial charge on any atom is -0.378 e. The number of nitrogens with one attached hydrogen (secondary N) is 1. The van der Waals surface area contributed by atoms with Crippen molar-refractivity contribution in [1.29, 1.82) is 0 Å². The summed E-state index contributed by atoms with van der Waals surface area (Å²) >= 11 is 12.0. The van der Waals surface area contributed by atoms with E-state index >= 15 is 0 Å². The molecule has 1 aliphatic rings. The van der Waals surface area contributed by atoms with Crippen LogP contribution in [0, 0.1) is 6.92 Å². The van der Waals surface area contributed by atoms with E-state index in [0.29, 0.717) is 34.9 Å². The van der Waals surface area contributed by atoms with E-state index in [1.54, 1.807) is 12.1 Å². The normalized spacial score (nSPS) is 15.4. The fourth-order valence-electron chi connectivity index (χ4n) is 2.49. The van der Waals surface area contributed by atoms with E-state index in [9.17, 15) is 0 Å². The van der Waals surface area contributed by atoms with Gasteiger partial charge in [-0.3, -0.25) is 5.43 Å². The molecule has 0 unspecified atom stereocenters. The predicted molar refractivity (Wildman–Crippen MR) is 102 cm³/mol. The zero-order chi connectivity index (χ0) is 17.8. The van der Waals surface area contributed by atoms with Gasteiger partial charge < -0.3 is 9.64 Å². The minimum absolute atomic E-state index is 0.501. The molecule has 2 aromatic rings. The van der Waals surface area contributed by atoms with Gasteiger partial charge in [0.2, 0.25) is 0 Å². The van der Waals surface area contributed by atoms with Gasteiger partial charge in [-0.05, 0) is 31.5 Å². The number of rotatable bonds is 4. The second-order valence-corrected chi connectivity index (χ2v) is 6.51. The van der Waals surface area contributed by atoms with Crippen LogP contribution in [-0.2, 0) is 4.74 Å². The molecule has 1 aromatic heterocycles. The number of halogens is 2. The van der Waals surface area contributed by atoms with Crippen molar-refractivity contribution in [3.05, 3.63) is 45.7 Å². The Morgan fingerprint density at radius 1 is 1.16 bits per heavy atom. The van der Waals surface area contributed by atoms with Gasteiger partial charge in [0, 0.05) is 19.2 Å². The summed E-state index contributed by atoms with van der Waals surface area (Å²) in [6.07, 6.45) is 0. The summed E-state index contributed by atoms with van der Waals surface area (Å²) in [4.78, 5) is 11.1. The zero-order valence-electron chi connectivity index (χ0n) is 14.1. The number of hydrogen-bond donors (Lipinski definition) is 1. The van der Waals surface area contributed by atoms with Crippen molar-refractivity contribution in [2.75, 3.05) is 36.6 Å². The molecular weight excluding hydrogens is 361 g/mol. The predicted octanol–water partition coefficient (Wildman–Crippen LogP) is 3.76. The highest BCUT2D eigenvalue weighted by atomic mass is 35.5. The molecule has 0 aliphatic carbocycles. The van der Waals surface area contributed by atoms with Gasteiger partial charge in [-0.25, -0.2) is 9.97 Å². The number of morpholine rings is 1. The second kappa shape index (κ2) is 7.99. The van der Waals surface area contributed by atoms with Crippen LogP contribution in [0.25, 0.3) is 0 Å². The van der Waals surface area contributed by atoms with E-state index in [1.165, 1.54) is 0 Å². The lowest BCUT2D eigenvalue weighted by atomic mass is 10.1. The topological polar surface area (TPSA) is 62.6 Å². The van der Waals surface area contributed by atoms with Gasteiger partial charge in [-0.15, -0.1) is 0 Å². The van der Waals surface area contributed by atoms with Gasteiger partial charge in [0.15, 0.2) is 5.82 Å². The first-order chi connectivity index (χ1) is 12.0. The highest BCUT2D eigenvalue weighted by Gasteiger charge is 2.14. The number of hydrazone groups is 1. The maximum atomic E-state index is 6.06. The molecule has 3 rings (SSSR count). The molecular formula is C17H19Cl2N5O. The molecule has 2 heterocycles. The van der Waals surface area contributed by atoms with Crippen LogP contribution in [0.1, 0.15) is 18.3 Å². The Balaban J connectivity index is 1.77. The quantitative estimate of drug-likeness (QED) is 0.646. The Morgan fingerprint density at radius 2 is 1.92 bits per heavy atom. The molecule has 0 saturated carbocycles. The largest absolute Gasteiger partial charge is 0.378 e. The highest BCUT2D eigenvalue weighted by molar-refractivity contribution is 6.42. The fraction of sp³-hybridized carbons (Fsp3) is 0.353. The lowest BCUT2D eigenvalue weighted by molar-refractivity contribution is 0.122. The third kappa shape index (κ3) is 4.60. The van der Waals surface area contributed by atoms with Gasteiger partial charge in [-0.1, -0.05) is 29.3 Å². The monoisotopic (exact) mass is 379 g/mol. The number of aromatic nitrogens is 2. The van der Waals surface area contributed by atoms with Gasteiger partial charge in [-0.2, -0.15) is 5.10 Å². The Bertz CT molecular complexity index is 791. The maximum Gasteiger partial charge on any atom is 0.152 e. The maximum absolute atomic E-state index is 6.06. The van der Waals surface area contributed by atoms with E-state index < -0.39 is 0 Å². The van der Waals surface area contributed by atoms with E-state index in [4.69, 9.17) is 27.9 Å². The molecule has 0 spiro atoms. The van der Waals surface area contributed by atoms with Crippen molar-refractivity contribution < 1.29 is 4.74 Å². The van der Waals surface area contributed by atoms with Crippen molar-refractivity contribution in [1.82, 2.24) is 9.97 Å². The Kier molecular flexibility index (Phi) is 5.73. The van der Waals surface area contributed by atoms with Crippen molar-refractivity contribution in [3.63, 3.8) is 0 Å². The number of nitrogens with zero attached hydrogens (tertiary/aromatic N) is 4. The summed E-state index contributed by atoms with van der Waals surface area (Å²) in [6, 6.07) is 7.31. The number of anilines is 2. The molecule has 25 heavy (non-hydrogen) atoms. The summed E-state index contributed by atoms with van der Waals surface area (Å²) in [5.41, 5.74) is 4.67. The molecule has 1 fully saturated rings. The van der Waals surface area contributed by atoms with Crippen LogP contribution in [-0.4, -0.2) is 42.0 Å². The lowest BCUT2D eigenvalue weighted by Gasteiger charge is -2.28. The van der Waals surface area contributed by atoms with E-state index in [2.05, 4.69) is 25.4 Å². The molecule has 0 radical (unpaired) electrons. The smallest absolute Gasteiger partial charge is 0.152 e. The molecule has 8 heteroatoms. The molecule has 1 N–H and O–H groups in total. The zero-order valence-corrected chi connectivity index (χ0v) is 15.6. The molecule has 0 bridgehead atoms. The molecule has 1 aliphatic heterocycles. The third-order valence-corrected chi connectivity index (χ3v) is 4.57. The van der Waals surface area contributed by atoms with Crippen molar-refractivity contribution in [3.8, 4) is 0 Å². The summed E-state index contributed by atoms with van der Waals surface area (Å²) in [7, 11) is 0. The highest BCUT2D eigenvalue weighted by Crippen LogP contribution is 2.23. The third-order valence-electron chi connectivity index (χ3n) is 3.84. The second-order valence-electron chi connectivity index (χ2n) is 5.70. The molecule has 1 saturated heterocycles. The molecule has 0 atom stereocenters. The van der Waals surface area contributed by atoms with Crippen molar-refractivity contribution >= 4 is 40.5 Å². The number of aryl methyl sites for hydroxylation is 1. The SMILES string of the molecule is C/C(=N\Nc1cc(N2CCOCC2)nc(C)n1)c1ccc(Cl)c(Cl)c1. The standard InChI is InChI=1S/C17H19Cl2N5O/c1-11(13-3-4-14(18)15(19)9-13)22-23-16-10-17(21-12(2)20-16)24-5-7-25-8-6-24/h3-4,9-10H,5-8H2,1-2H3,(H,20,21,23)/b22-11+. The van der Waals surface area contributed by atoms with Crippen LogP contribution in [0.2, 0.25) is 10.0 Å². The number of benzene rings is 1. The van der Waals surface area contributed by atoms with Gasteiger partial charge in [0.05, 0.1) is 29.0 Å². The first kappa shape index (κ1) is 17.9. The van der Waals surface area contributed by atoms with Crippen LogP contribution in [0.3, 0.4) is 0 Å². The van der Waals surface area contributed by atoms with Crippen molar-refractivity contribution in [2.45, 2.75) is 13.8 Å². The first-order valence-electron chi connectivity index (χ1n) is 7.97. The summed E-state index contributed by atoms with van der Waals surface area (Å²) < 4.78 is 5.38. The minimum atomic E-state index is 0.501. The van der Waals surface area contributed by atoms with Crippen LogP contribution < -0.4 is 10.3 Å². The number of hydrogen-bond acceptors (Lipinski definition) is 6. The Labute approximate surface area is 156 Å². The van der Waals surface area contributed by atoms with Gasteiger partial charge >= 0.3 is 0 Å². The Morgan fingerprint density at radius 3 is 2.64 bits per heavy atom. The van der Waals surface area contributed by atoms with Crippen LogP contribution >= 0.6 is 23.2 Å². The van der Waals surface area contributed by atoms with E-state index in [1.807, 2.05) is 26.0 Å². The Hall–Kier alpha value is -1.89. The summed E-state index contributed by atoms with van der Waals surface area (Å²) in [6.45, 7) is 6.82. The van der Waals surface area contributed by atoms with Crippen LogP contribution in [0.15, 0.2) is 29.4 Å². The van der Waals surface area contributed by atoms with E-state index in [0.717, 1.165) is 30.2 Å². The fourth-order valence-corrected chi connectivity index (χ4v) is 2.79. The average Bonchev–Trinajstić information content (AvgIpc) is 2.62. The van der Waals surface area contributed by atoms with Gasteiger partial charge in [0.1, 0.15) is 11.6 Å². The van der Waals surface area contributed by atoms with Gasteiger partial charge in [0.25, 0.3) is 0 Å². The first-order valence-corrected chi connectivity index (χ1v) is 8.72. The van der Waals surface area contributed by atoms with Crippen LogP contribution in [0.5, 0.6) is 0 Å². The molecule has 132 valence electrons. The van der Waals surface area contributed by atoms with Crippen LogP contribution in [0.4, 0.5) is 11.6 Å². The summed E-state index contributed by atoms with van der Waals surface area (Å²) in [5, 5.41) is 5.42. The number of ether oxygens (including phenoxy) is 1.